The number of nitrogens with zero attached hydrogens (tertiary/aromatic N) is 1. The molecule has 0 spiro atoms. The van der Waals surface area contributed by atoms with Gasteiger partial charge in [0.2, 0.25) is 0 Å². The molecular formula is C23H19F2NO5S. The van der Waals surface area contributed by atoms with Crippen LogP contribution in [0.3, 0.4) is 0 Å². The maximum absolute atomic E-state index is 13.9. The van der Waals surface area contributed by atoms with Crippen molar-refractivity contribution in [2.45, 2.75) is 17.9 Å². The lowest BCUT2D eigenvalue weighted by Crippen LogP contribution is -2.42. The SMILES string of the molecule is O=C(O)C1Cc2ccc(OCc3ccccc3F)cc2N(S(=O)(=O)c2cccc(F)c2)C1. The standard InChI is InChI=1S/C23H19F2NO5S/c24-18-5-3-6-20(11-18)32(29,30)26-13-17(23(27)28)10-15-8-9-19(12-22(15)26)31-14-16-4-1-2-7-21(16)25/h1-9,11-12,17H,10,13-14H2,(H,27,28). The zero-order valence-electron chi connectivity index (χ0n) is 16.7. The summed E-state index contributed by atoms with van der Waals surface area (Å²) in [5.74, 6) is -2.95. The number of hydrogen-bond donors (Lipinski definition) is 1. The molecule has 32 heavy (non-hydrogen) atoms. The number of benzene rings is 3. The molecule has 1 heterocycles. The van der Waals surface area contributed by atoms with Crippen molar-refractivity contribution in [2.24, 2.45) is 5.92 Å². The topological polar surface area (TPSA) is 83.9 Å². The fraction of sp³-hybridized carbons (Fsp3) is 0.174. The average Bonchev–Trinajstić information content (AvgIpc) is 2.77. The number of aliphatic carboxylic acids is 1. The molecule has 0 saturated carbocycles. The number of hydrogen-bond acceptors (Lipinski definition) is 4. The lowest BCUT2D eigenvalue weighted by Gasteiger charge is -2.34. The van der Waals surface area contributed by atoms with Crippen molar-refractivity contribution < 1.29 is 31.8 Å². The van der Waals surface area contributed by atoms with Crippen molar-refractivity contribution in [3.05, 3.63) is 89.5 Å². The molecule has 3 aromatic rings. The van der Waals surface area contributed by atoms with Gasteiger partial charge in [-0.3, -0.25) is 9.10 Å². The second-order valence-electron chi connectivity index (χ2n) is 7.40. The van der Waals surface area contributed by atoms with Crippen LogP contribution in [0.15, 0.2) is 71.6 Å². The first-order valence-corrected chi connectivity index (χ1v) is 11.2. The van der Waals surface area contributed by atoms with Crippen LogP contribution in [-0.2, 0) is 27.8 Å². The zero-order chi connectivity index (χ0) is 22.9. The van der Waals surface area contributed by atoms with E-state index in [1.54, 1.807) is 30.3 Å². The number of ether oxygens (including phenoxy) is 1. The van der Waals surface area contributed by atoms with Gasteiger partial charge in [0.05, 0.1) is 16.5 Å². The summed E-state index contributed by atoms with van der Waals surface area (Å²) in [6.45, 7) is -0.377. The molecule has 4 rings (SSSR count). The number of anilines is 1. The molecule has 1 unspecified atom stereocenters. The van der Waals surface area contributed by atoms with Gasteiger partial charge in [0.15, 0.2) is 0 Å². The molecule has 0 saturated heterocycles. The van der Waals surface area contributed by atoms with Crippen LogP contribution >= 0.6 is 0 Å². The third-order valence-corrected chi connectivity index (χ3v) is 7.04. The molecule has 6 nitrogen and oxygen atoms in total. The number of fused-ring (bicyclic) bond motifs is 1. The Balaban J connectivity index is 1.71. The van der Waals surface area contributed by atoms with Gasteiger partial charge in [-0.25, -0.2) is 17.2 Å². The zero-order valence-corrected chi connectivity index (χ0v) is 17.6. The molecule has 1 aliphatic rings. The fourth-order valence-electron chi connectivity index (χ4n) is 3.59. The molecule has 0 aliphatic carbocycles. The van der Waals surface area contributed by atoms with Crippen LogP contribution in [0.25, 0.3) is 0 Å². The summed E-state index contributed by atoms with van der Waals surface area (Å²) < 4.78 is 60.8. The number of carbonyl (C=O) groups is 1. The van der Waals surface area contributed by atoms with E-state index in [-0.39, 0.29) is 30.2 Å². The molecule has 0 aromatic heterocycles. The molecule has 166 valence electrons. The molecule has 1 N–H and O–H groups in total. The van der Waals surface area contributed by atoms with E-state index in [9.17, 15) is 27.1 Å². The van der Waals surface area contributed by atoms with Crippen LogP contribution in [-0.4, -0.2) is 26.0 Å². The second kappa shape index (κ2) is 8.58. The minimum Gasteiger partial charge on any atom is -0.489 e. The first kappa shape index (κ1) is 21.8. The van der Waals surface area contributed by atoms with Gasteiger partial charge in [0.1, 0.15) is 24.0 Å². The predicted molar refractivity (Wildman–Crippen MR) is 113 cm³/mol. The number of carboxylic acid groups (broad SMARTS) is 1. The van der Waals surface area contributed by atoms with E-state index in [0.29, 0.717) is 16.9 Å². The van der Waals surface area contributed by atoms with Crippen LogP contribution in [0.5, 0.6) is 5.75 Å². The van der Waals surface area contributed by atoms with Gasteiger partial charge in [0.25, 0.3) is 10.0 Å². The van der Waals surface area contributed by atoms with Gasteiger partial charge in [0, 0.05) is 18.2 Å². The third kappa shape index (κ3) is 4.29. The Morgan fingerprint density at radius 2 is 1.84 bits per heavy atom. The van der Waals surface area contributed by atoms with Crippen molar-refractivity contribution in [3.63, 3.8) is 0 Å². The van der Waals surface area contributed by atoms with Crippen molar-refractivity contribution >= 4 is 21.7 Å². The Hall–Kier alpha value is -3.46. The van der Waals surface area contributed by atoms with Gasteiger partial charge in [-0.15, -0.1) is 0 Å². The highest BCUT2D eigenvalue weighted by atomic mass is 32.2. The van der Waals surface area contributed by atoms with E-state index in [0.717, 1.165) is 16.4 Å². The Labute approximate surface area is 183 Å². The molecule has 3 aromatic carbocycles. The largest absolute Gasteiger partial charge is 0.489 e. The predicted octanol–water partition coefficient (Wildman–Crippen LogP) is 4.00. The average molecular weight is 459 g/mol. The highest BCUT2D eigenvalue weighted by Crippen LogP contribution is 2.37. The van der Waals surface area contributed by atoms with Crippen LogP contribution in [0.1, 0.15) is 11.1 Å². The number of rotatable bonds is 6. The monoisotopic (exact) mass is 459 g/mol. The molecular weight excluding hydrogens is 440 g/mol. The second-order valence-corrected chi connectivity index (χ2v) is 9.27. The van der Waals surface area contributed by atoms with Crippen LogP contribution in [0.2, 0.25) is 0 Å². The Kier molecular flexibility index (Phi) is 5.84. The molecule has 0 fully saturated rings. The smallest absolute Gasteiger partial charge is 0.308 e. The summed E-state index contributed by atoms with van der Waals surface area (Å²) in [6, 6.07) is 15.3. The molecule has 0 amide bonds. The Morgan fingerprint density at radius 3 is 2.56 bits per heavy atom. The van der Waals surface area contributed by atoms with Crippen molar-refractivity contribution in [1.29, 1.82) is 0 Å². The van der Waals surface area contributed by atoms with Gasteiger partial charge in [-0.05, 0) is 42.3 Å². The number of sulfonamides is 1. The number of carboxylic acids is 1. The van der Waals surface area contributed by atoms with E-state index >= 15 is 0 Å². The molecule has 9 heteroatoms. The Bertz CT molecular complexity index is 1280. The number of halogens is 2. The van der Waals surface area contributed by atoms with E-state index in [4.69, 9.17) is 4.74 Å². The van der Waals surface area contributed by atoms with Crippen molar-refractivity contribution in [2.75, 3.05) is 10.8 Å². The van der Waals surface area contributed by atoms with Gasteiger partial charge >= 0.3 is 5.97 Å². The summed E-state index contributed by atoms with van der Waals surface area (Å²) >= 11 is 0. The lowest BCUT2D eigenvalue weighted by molar-refractivity contribution is -0.141. The van der Waals surface area contributed by atoms with Crippen LogP contribution < -0.4 is 9.04 Å². The van der Waals surface area contributed by atoms with E-state index in [2.05, 4.69) is 0 Å². The van der Waals surface area contributed by atoms with Crippen molar-refractivity contribution in [1.82, 2.24) is 0 Å². The molecule has 0 radical (unpaired) electrons. The maximum Gasteiger partial charge on any atom is 0.308 e. The van der Waals surface area contributed by atoms with Gasteiger partial charge in [-0.2, -0.15) is 0 Å². The minimum atomic E-state index is -4.24. The first-order valence-electron chi connectivity index (χ1n) is 9.76. The van der Waals surface area contributed by atoms with E-state index in [1.165, 1.54) is 24.3 Å². The third-order valence-electron chi connectivity index (χ3n) is 5.26. The van der Waals surface area contributed by atoms with Gasteiger partial charge in [-0.1, -0.05) is 30.3 Å². The Morgan fingerprint density at radius 1 is 1.06 bits per heavy atom. The summed E-state index contributed by atoms with van der Waals surface area (Å²) in [7, 11) is -4.24. The maximum atomic E-state index is 13.9. The van der Waals surface area contributed by atoms with E-state index < -0.39 is 33.5 Å². The van der Waals surface area contributed by atoms with Crippen molar-refractivity contribution in [3.8, 4) is 5.75 Å². The summed E-state index contributed by atoms with van der Waals surface area (Å²) in [5, 5.41) is 9.51. The van der Waals surface area contributed by atoms with Crippen LogP contribution in [0, 0.1) is 17.6 Å². The normalized spacial score (nSPS) is 15.8. The molecule has 0 bridgehead atoms. The quantitative estimate of drug-likeness (QED) is 0.603. The summed E-state index contributed by atoms with van der Waals surface area (Å²) in [4.78, 5) is 11.4. The summed E-state index contributed by atoms with van der Waals surface area (Å²) in [5.41, 5.74) is 1.08. The fourth-order valence-corrected chi connectivity index (χ4v) is 5.16. The first-order chi connectivity index (χ1) is 15.3. The highest BCUT2D eigenvalue weighted by molar-refractivity contribution is 7.92. The van der Waals surface area contributed by atoms with Gasteiger partial charge < -0.3 is 9.84 Å². The highest BCUT2D eigenvalue weighted by Gasteiger charge is 2.36. The summed E-state index contributed by atoms with van der Waals surface area (Å²) in [6.07, 6.45) is 0.132. The lowest BCUT2D eigenvalue weighted by atomic mass is 9.94. The van der Waals surface area contributed by atoms with Crippen LogP contribution in [0.4, 0.5) is 14.5 Å². The van der Waals surface area contributed by atoms with E-state index in [1.807, 2.05) is 0 Å². The molecule has 1 aliphatic heterocycles. The molecule has 1 atom stereocenters. The minimum absolute atomic E-state index is 0.0696.